The van der Waals surface area contributed by atoms with Crippen LogP contribution in [0.15, 0.2) is 54.2 Å². The fraction of sp³-hybridized carbons (Fsp3) is 0.360. The minimum Gasteiger partial charge on any atom is -0.489 e. The molecule has 1 aliphatic heterocycles. The van der Waals surface area contributed by atoms with Crippen molar-refractivity contribution in [2.24, 2.45) is 0 Å². The summed E-state index contributed by atoms with van der Waals surface area (Å²) in [5.41, 5.74) is 3.97. The molecule has 1 aliphatic carbocycles. The molecular formula is C25H28N2O2S. The zero-order valence-corrected chi connectivity index (χ0v) is 18.5. The van der Waals surface area contributed by atoms with E-state index < -0.39 is 0 Å². The summed E-state index contributed by atoms with van der Waals surface area (Å²) < 4.78 is 5.90. The third-order valence-electron chi connectivity index (χ3n) is 5.90. The maximum absolute atomic E-state index is 13.1. The van der Waals surface area contributed by atoms with Gasteiger partial charge in [-0.25, -0.2) is 0 Å². The molecule has 5 heteroatoms. The van der Waals surface area contributed by atoms with Gasteiger partial charge >= 0.3 is 0 Å². The first-order valence-corrected chi connectivity index (χ1v) is 11.0. The van der Waals surface area contributed by atoms with Crippen LogP contribution in [0.5, 0.6) is 5.75 Å². The molecule has 1 amide bonds. The highest BCUT2D eigenvalue weighted by atomic mass is 32.1. The van der Waals surface area contributed by atoms with Crippen molar-refractivity contribution in [1.82, 2.24) is 9.80 Å². The third-order valence-corrected chi connectivity index (χ3v) is 6.37. The topological polar surface area (TPSA) is 32.8 Å². The molecule has 0 atom stereocenters. The van der Waals surface area contributed by atoms with E-state index in [1.165, 1.54) is 24.8 Å². The number of thiocarbonyl (C=S) groups is 1. The van der Waals surface area contributed by atoms with Crippen molar-refractivity contribution < 1.29 is 9.53 Å². The van der Waals surface area contributed by atoms with Crippen LogP contribution in [-0.4, -0.2) is 33.9 Å². The van der Waals surface area contributed by atoms with Crippen LogP contribution < -0.4 is 4.74 Å². The lowest BCUT2D eigenvalue weighted by atomic mass is 9.94. The van der Waals surface area contributed by atoms with Crippen molar-refractivity contribution in [3.05, 3.63) is 70.9 Å². The Morgan fingerprint density at radius 2 is 1.83 bits per heavy atom. The number of carbonyl (C=O) groups is 1. The molecule has 0 aromatic heterocycles. The van der Waals surface area contributed by atoms with E-state index in [1.54, 1.807) is 0 Å². The van der Waals surface area contributed by atoms with Crippen LogP contribution in [0.3, 0.4) is 0 Å². The molecule has 2 aromatic carbocycles. The van der Waals surface area contributed by atoms with Gasteiger partial charge in [0, 0.05) is 13.1 Å². The van der Waals surface area contributed by atoms with Crippen molar-refractivity contribution in [1.29, 1.82) is 0 Å². The van der Waals surface area contributed by atoms with Gasteiger partial charge in [0.05, 0.1) is 0 Å². The molecule has 0 bridgehead atoms. The van der Waals surface area contributed by atoms with Crippen molar-refractivity contribution in [3.63, 3.8) is 0 Å². The summed E-state index contributed by atoms with van der Waals surface area (Å²) in [6, 6.07) is 16.4. The number of aryl methyl sites for hydroxylation is 1. The number of likely N-dealkylation sites (N-methyl/N-ethyl adjacent to an activating group) is 1. The first-order chi connectivity index (χ1) is 14.5. The maximum Gasteiger partial charge on any atom is 0.277 e. The number of benzene rings is 2. The Balaban J connectivity index is 1.44. The Bertz CT molecular complexity index is 961. The highest BCUT2D eigenvalue weighted by molar-refractivity contribution is 7.80. The predicted molar refractivity (Wildman–Crippen MR) is 124 cm³/mol. The van der Waals surface area contributed by atoms with Crippen molar-refractivity contribution >= 4 is 29.3 Å². The molecule has 1 heterocycles. The SMILES string of the molecule is Cc1cccc(COc2ccc(C=C3C(=O)N(C4CCCCC4)C(=S)N3C)cc2)c1. The Morgan fingerprint density at radius 3 is 2.53 bits per heavy atom. The van der Waals surface area contributed by atoms with Crippen LogP contribution in [0.1, 0.15) is 48.8 Å². The van der Waals surface area contributed by atoms with Gasteiger partial charge in [-0.1, -0.05) is 61.2 Å². The molecule has 0 radical (unpaired) electrons. The molecule has 0 spiro atoms. The van der Waals surface area contributed by atoms with Gasteiger partial charge in [-0.3, -0.25) is 9.69 Å². The average molecular weight is 421 g/mol. The molecule has 4 nitrogen and oxygen atoms in total. The van der Waals surface area contributed by atoms with E-state index >= 15 is 0 Å². The van der Waals surface area contributed by atoms with E-state index in [-0.39, 0.29) is 11.9 Å². The number of amides is 1. The lowest BCUT2D eigenvalue weighted by Gasteiger charge is -2.30. The Kier molecular flexibility index (Phi) is 6.18. The second-order valence-corrected chi connectivity index (χ2v) is 8.55. The Hall–Kier alpha value is -2.66. The van der Waals surface area contributed by atoms with Gasteiger partial charge < -0.3 is 9.64 Å². The number of hydrogen-bond acceptors (Lipinski definition) is 3. The van der Waals surface area contributed by atoms with Gasteiger partial charge in [-0.05, 0) is 61.3 Å². The van der Waals surface area contributed by atoms with E-state index in [1.807, 2.05) is 53.3 Å². The standard InChI is InChI=1S/C25H28N2O2S/c1-18-7-6-8-20(15-18)17-29-22-13-11-19(12-14-22)16-23-24(28)27(25(30)26(23)2)21-9-4-3-5-10-21/h6-8,11-16,21H,3-5,9-10,17H2,1-2H3. The van der Waals surface area contributed by atoms with Gasteiger partial charge in [0.15, 0.2) is 5.11 Å². The van der Waals surface area contributed by atoms with Gasteiger partial charge in [-0.15, -0.1) is 0 Å². The molecule has 0 unspecified atom stereocenters. The molecule has 2 fully saturated rings. The zero-order chi connectivity index (χ0) is 21.1. The van der Waals surface area contributed by atoms with E-state index in [4.69, 9.17) is 17.0 Å². The van der Waals surface area contributed by atoms with Crippen molar-refractivity contribution in [2.45, 2.75) is 51.7 Å². The van der Waals surface area contributed by atoms with Crippen molar-refractivity contribution in [3.8, 4) is 5.75 Å². The summed E-state index contributed by atoms with van der Waals surface area (Å²) in [4.78, 5) is 16.8. The first-order valence-electron chi connectivity index (χ1n) is 10.6. The number of nitrogens with zero attached hydrogens (tertiary/aromatic N) is 2. The van der Waals surface area contributed by atoms with Crippen LogP contribution in [0.4, 0.5) is 0 Å². The monoisotopic (exact) mass is 420 g/mol. The lowest BCUT2D eigenvalue weighted by Crippen LogP contribution is -2.41. The van der Waals surface area contributed by atoms with Gasteiger partial charge in [0.1, 0.15) is 18.1 Å². The van der Waals surface area contributed by atoms with Gasteiger partial charge in [0.25, 0.3) is 5.91 Å². The van der Waals surface area contributed by atoms with Gasteiger partial charge in [0.2, 0.25) is 0 Å². The minimum absolute atomic E-state index is 0.0224. The maximum atomic E-state index is 13.1. The quantitative estimate of drug-likeness (QED) is 0.485. The number of ether oxygens (including phenoxy) is 1. The summed E-state index contributed by atoms with van der Waals surface area (Å²) in [5.74, 6) is 0.832. The van der Waals surface area contributed by atoms with Crippen LogP contribution in [0.25, 0.3) is 6.08 Å². The molecule has 156 valence electrons. The Labute approximate surface area is 184 Å². The highest BCUT2D eigenvalue weighted by Crippen LogP contribution is 2.30. The fourth-order valence-electron chi connectivity index (χ4n) is 4.22. The summed E-state index contributed by atoms with van der Waals surface area (Å²) in [6.07, 6.45) is 7.59. The van der Waals surface area contributed by atoms with E-state index in [2.05, 4.69) is 25.1 Å². The van der Waals surface area contributed by atoms with E-state index in [9.17, 15) is 4.79 Å². The molecular weight excluding hydrogens is 392 g/mol. The lowest BCUT2D eigenvalue weighted by molar-refractivity contribution is -0.124. The summed E-state index contributed by atoms with van der Waals surface area (Å²) in [5, 5.41) is 0.622. The fourth-order valence-corrected chi connectivity index (χ4v) is 4.56. The number of hydrogen-bond donors (Lipinski definition) is 0. The largest absolute Gasteiger partial charge is 0.489 e. The molecule has 0 N–H and O–H groups in total. The third kappa shape index (κ3) is 4.41. The minimum atomic E-state index is 0.0224. The van der Waals surface area contributed by atoms with Gasteiger partial charge in [-0.2, -0.15) is 0 Å². The van der Waals surface area contributed by atoms with E-state index in [0.717, 1.165) is 29.7 Å². The Morgan fingerprint density at radius 1 is 1.10 bits per heavy atom. The smallest absolute Gasteiger partial charge is 0.277 e. The molecule has 1 saturated carbocycles. The van der Waals surface area contributed by atoms with Crippen molar-refractivity contribution in [2.75, 3.05) is 7.05 Å². The number of carbonyl (C=O) groups excluding carboxylic acids is 1. The molecule has 2 aromatic rings. The number of rotatable bonds is 5. The summed E-state index contributed by atoms with van der Waals surface area (Å²) in [6.45, 7) is 2.61. The summed E-state index contributed by atoms with van der Waals surface area (Å²) >= 11 is 5.60. The van der Waals surface area contributed by atoms with E-state index in [0.29, 0.717) is 17.4 Å². The van der Waals surface area contributed by atoms with Crippen LogP contribution >= 0.6 is 12.2 Å². The molecule has 30 heavy (non-hydrogen) atoms. The zero-order valence-electron chi connectivity index (χ0n) is 17.6. The highest BCUT2D eigenvalue weighted by Gasteiger charge is 2.40. The summed E-state index contributed by atoms with van der Waals surface area (Å²) in [7, 11) is 1.88. The van der Waals surface area contributed by atoms with Crippen LogP contribution in [0.2, 0.25) is 0 Å². The molecule has 2 aliphatic rings. The second kappa shape index (κ2) is 9.00. The molecule has 4 rings (SSSR count). The normalized spacial score (nSPS) is 19.1. The molecule has 1 saturated heterocycles. The second-order valence-electron chi connectivity index (χ2n) is 8.18. The first kappa shape index (κ1) is 20.6. The average Bonchev–Trinajstić information content (AvgIpc) is 2.97. The van der Waals surface area contributed by atoms with Crippen LogP contribution in [-0.2, 0) is 11.4 Å². The van der Waals surface area contributed by atoms with Crippen LogP contribution in [0, 0.1) is 6.92 Å². The predicted octanol–water partition coefficient (Wildman–Crippen LogP) is 5.31.